The van der Waals surface area contributed by atoms with Gasteiger partial charge in [-0.15, -0.1) is 0 Å². The van der Waals surface area contributed by atoms with Crippen molar-refractivity contribution in [2.75, 3.05) is 11.9 Å². The van der Waals surface area contributed by atoms with Gasteiger partial charge < -0.3 is 4.90 Å². The van der Waals surface area contributed by atoms with E-state index in [4.69, 9.17) is 11.6 Å². The molecule has 0 aliphatic carbocycles. The molecule has 18 heavy (non-hydrogen) atoms. The molecule has 0 atom stereocenters. The van der Waals surface area contributed by atoms with Crippen molar-refractivity contribution in [3.63, 3.8) is 0 Å². The fraction of sp³-hybridized carbons (Fsp3) is 0.231. The summed E-state index contributed by atoms with van der Waals surface area (Å²) in [5.74, 6) is 0.460. The number of aryl methyl sites for hydroxylation is 1. The van der Waals surface area contributed by atoms with Crippen molar-refractivity contribution in [3.8, 4) is 0 Å². The second kappa shape index (κ2) is 5.31. The van der Waals surface area contributed by atoms with E-state index in [2.05, 4.69) is 9.97 Å². The number of aromatic nitrogens is 2. The number of halogens is 2. The third-order valence-corrected chi connectivity index (χ3v) is 2.82. The smallest absolute Gasteiger partial charge is 0.149 e. The van der Waals surface area contributed by atoms with Crippen molar-refractivity contribution in [1.29, 1.82) is 0 Å². The van der Waals surface area contributed by atoms with E-state index in [1.54, 1.807) is 19.2 Å². The third kappa shape index (κ3) is 2.96. The minimum atomic E-state index is -0.196. The van der Waals surface area contributed by atoms with E-state index < -0.39 is 0 Å². The highest BCUT2D eigenvalue weighted by Gasteiger charge is 2.06. The maximum Gasteiger partial charge on any atom is 0.149 e. The minimum Gasteiger partial charge on any atom is -0.354 e. The summed E-state index contributed by atoms with van der Waals surface area (Å²) in [6.07, 6.45) is 3.10. The van der Waals surface area contributed by atoms with Crippen molar-refractivity contribution < 1.29 is 4.39 Å². The van der Waals surface area contributed by atoms with Crippen molar-refractivity contribution in [2.24, 2.45) is 0 Å². The summed E-state index contributed by atoms with van der Waals surface area (Å²) in [6.45, 7) is 2.29. The summed E-state index contributed by atoms with van der Waals surface area (Å²) in [5.41, 5.74) is 1.52. The van der Waals surface area contributed by atoms with Gasteiger partial charge in [-0.25, -0.2) is 9.37 Å². The molecule has 94 valence electrons. The van der Waals surface area contributed by atoms with Gasteiger partial charge in [-0.05, 0) is 24.1 Å². The fourth-order valence-corrected chi connectivity index (χ4v) is 1.75. The van der Waals surface area contributed by atoms with E-state index in [1.165, 1.54) is 12.3 Å². The summed E-state index contributed by atoms with van der Waals surface area (Å²) >= 11 is 5.78. The van der Waals surface area contributed by atoms with Crippen LogP contribution >= 0.6 is 11.6 Å². The van der Waals surface area contributed by atoms with Gasteiger partial charge >= 0.3 is 0 Å². The van der Waals surface area contributed by atoms with Gasteiger partial charge in [0.25, 0.3) is 0 Å². The SMILES string of the molecule is Cc1ccc(CN(C)c2cncc(Cl)n2)cc1F. The predicted octanol–water partition coefficient (Wildman–Crippen LogP) is 3.21. The molecule has 0 amide bonds. The number of hydrogen-bond donors (Lipinski definition) is 0. The van der Waals surface area contributed by atoms with Gasteiger partial charge in [0.2, 0.25) is 0 Å². The topological polar surface area (TPSA) is 29.0 Å². The molecule has 0 bridgehead atoms. The van der Waals surface area contributed by atoms with Crippen LogP contribution in [0.1, 0.15) is 11.1 Å². The summed E-state index contributed by atoms with van der Waals surface area (Å²) in [6, 6.07) is 5.19. The highest BCUT2D eigenvalue weighted by Crippen LogP contribution is 2.15. The van der Waals surface area contributed by atoms with Crippen LogP contribution in [0.4, 0.5) is 10.2 Å². The van der Waals surface area contributed by atoms with E-state index >= 15 is 0 Å². The molecule has 0 spiro atoms. The highest BCUT2D eigenvalue weighted by molar-refractivity contribution is 6.29. The number of hydrogen-bond acceptors (Lipinski definition) is 3. The molecule has 2 aromatic rings. The molecule has 0 fully saturated rings. The monoisotopic (exact) mass is 265 g/mol. The van der Waals surface area contributed by atoms with Gasteiger partial charge in [0.1, 0.15) is 16.8 Å². The lowest BCUT2D eigenvalue weighted by Crippen LogP contribution is -2.18. The first kappa shape index (κ1) is 12.8. The first-order chi connectivity index (χ1) is 8.56. The molecule has 5 heteroatoms. The molecule has 0 unspecified atom stereocenters. The van der Waals surface area contributed by atoms with Gasteiger partial charge in [0.15, 0.2) is 0 Å². The van der Waals surface area contributed by atoms with Gasteiger partial charge in [0.05, 0.1) is 12.4 Å². The normalized spacial score (nSPS) is 10.4. The summed E-state index contributed by atoms with van der Waals surface area (Å²) in [4.78, 5) is 9.98. The molecule has 0 saturated carbocycles. The molecule has 0 aliphatic rings. The van der Waals surface area contributed by atoms with Crippen molar-refractivity contribution in [1.82, 2.24) is 9.97 Å². The Balaban J connectivity index is 2.16. The maximum atomic E-state index is 13.4. The molecule has 3 nitrogen and oxygen atoms in total. The van der Waals surface area contributed by atoms with Gasteiger partial charge in [-0.2, -0.15) is 0 Å². The lowest BCUT2D eigenvalue weighted by Gasteiger charge is -2.18. The Morgan fingerprint density at radius 1 is 1.33 bits per heavy atom. The molecule has 1 heterocycles. The van der Waals surface area contributed by atoms with Crippen LogP contribution in [0.15, 0.2) is 30.6 Å². The largest absolute Gasteiger partial charge is 0.354 e. The zero-order chi connectivity index (χ0) is 13.1. The van der Waals surface area contributed by atoms with Gasteiger partial charge in [-0.1, -0.05) is 23.7 Å². The number of rotatable bonds is 3. The summed E-state index contributed by atoms with van der Waals surface area (Å²) < 4.78 is 13.4. The molecule has 2 rings (SSSR count). The Labute approximate surface area is 110 Å². The Kier molecular flexibility index (Phi) is 3.77. The molecule has 0 saturated heterocycles. The Morgan fingerprint density at radius 3 is 2.78 bits per heavy atom. The molecular weight excluding hydrogens is 253 g/mol. The molecule has 1 aromatic heterocycles. The average Bonchev–Trinajstić information content (AvgIpc) is 2.34. The summed E-state index contributed by atoms with van der Waals surface area (Å²) in [7, 11) is 1.86. The first-order valence-electron chi connectivity index (χ1n) is 5.50. The minimum absolute atomic E-state index is 0.196. The van der Waals surface area contributed by atoms with E-state index in [-0.39, 0.29) is 5.82 Å². The second-order valence-corrected chi connectivity index (χ2v) is 4.53. The molecule has 0 aliphatic heterocycles. The van der Waals surface area contributed by atoms with Crippen LogP contribution in [0.25, 0.3) is 0 Å². The van der Waals surface area contributed by atoms with Crippen LogP contribution in [-0.2, 0) is 6.54 Å². The molecule has 0 radical (unpaired) electrons. The van der Waals surface area contributed by atoms with E-state index in [0.717, 1.165) is 5.56 Å². The lowest BCUT2D eigenvalue weighted by molar-refractivity contribution is 0.615. The zero-order valence-corrected chi connectivity index (χ0v) is 10.9. The highest BCUT2D eigenvalue weighted by atomic mass is 35.5. The van der Waals surface area contributed by atoms with Crippen molar-refractivity contribution in [3.05, 3.63) is 52.7 Å². The molecule has 1 aromatic carbocycles. The average molecular weight is 266 g/mol. The van der Waals surface area contributed by atoms with Crippen molar-refractivity contribution in [2.45, 2.75) is 13.5 Å². The Morgan fingerprint density at radius 2 is 2.11 bits per heavy atom. The predicted molar refractivity (Wildman–Crippen MR) is 70.3 cm³/mol. The quantitative estimate of drug-likeness (QED) is 0.853. The Bertz CT molecular complexity index is 560. The van der Waals surface area contributed by atoms with E-state index in [0.29, 0.717) is 23.1 Å². The van der Waals surface area contributed by atoms with Gasteiger partial charge in [0, 0.05) is 13.6 Å². The van der Waals surface area contributed by atoms with Crippen LogP contribution in [0.3, 0.4) is 0 Å². The molecule has 0 N–H and O–H groups in total. The fourth-order valence-electron chi connectivity index (χ4n) is 1.61. The lowest BCUT2D eigenvalue weighted by atomic mass is 10.1. The van der Waals surface area contributed by atoms with E-state index in [1.807, 2.05) is 18.0 Å². The zero-order valence-electron chi connectivity index (χ0n) is 10.2. The van der Waals surface area contributed by atoms with Crippen molar-refractivity contribution >= 4 is 17.4 Å². The first-order valence-corrected chi connectivity index (χ1v) is 5.88. The maximum absolute atomic E-state index is 13.4. The second-order valence-electron chi connectivity index (χ2n) is 4.14. The summed E-state index contributed by atoms with van der Waals surface area (Å²) in [5, 5.41) is 0.342. The van der Waals surface area contributed by atoms with Crippen LogP contribution < -0.4 is 4.90 Å². The molecular formula is C13H13ClFN3. The van der Waals surface area contributed by atoms with Crippen LogP contribution in [0.2, 0.25) is 5.15 Å². The van der Waals surface area contributed by atoms with Crippen LogP contribution in [0, 0.1) is 12.7 Å². The Hall–Kier alpha value is -1.68. The number of nitrogens with zero attached hydrogens (tertiary/aromatic N) is 3. The van der Waals surface area contributed by atoms with Crippen LogP contribution in [-0.4, -0.2) is 17.0 Å². The third-order valence-electron chi connectivity index (χ3n) is 2.64. The standard InChI is InChI=1S/C13H13ClFN3/c1-9-3-4-10(5-11(9)15)8-18(2)13-7-16-6-12(14)17-13/h3-7H,8H2,1-2H3. The van der Waals surface area contributed by atoms with E-state index in [9.17, 15) is 4.39 Å². The number of benzene rings is 1. The van der Waals surface area contributed by atoms with Gasteiger partial charge in [-0.3, -0.25) is 4.98 Å². The van der Waals surface area contributed by atoms with Crippen LogP contribution in [0.5, 0.6) is 0 Å². The number of anilines is 1.